The zero-order chi connectivity index (χ0) is 35.7. The van der Waals surface area contributed by atoms with Crippen LogP contribution in [0.2, 0.25) is 0 Å². The van der Waals surface area contributed by atoms with E-state index < -0.39 is 0 Å². The minimum atomic E-state index is 0.0310. The van der Waals surface area contributed by atoms with Crippen LogP contribution in [0.5, 0.6) is 0 Å². The lowest BCUT2D eigenvalue weighted by Gasteiger charge is -2.76. The number of hydrogen-bond acceptors (Lipinski definition) is 2. The van der Waals surface area contributed by atoms with Crippen molar-refractivity contribution < 1.29 is 9.53 Å². The quantitative estimate of drug-likeness (QED) is 0.0922. The van der Waals surface area contributed by atoms with Crippen LogP contribution in [0.4, 0.5) is 0 Å². The average Bonchev–Trinajstić information content (AvgIpc) is 3.41. The van der Waals surface area contributed by atoms with E-state index in [9.17, 15) is 4.79 Å². The molecule has 5 aliphatic rings. The number of carbonyl (C=O) groups excluding carboxylic acids is 1. The Bertz CT molecular complexity index is 1140. The van der Waals surface area contributed by atoms with E-state index in [4.69, 9.17) is 4.74 Å². The molecule has 0 aromatic carbocycles. The van der Waals surface area contributed by atoms with Crippen LogP contribution in [0.3, 0.4) is 0 Å². The van der Waals surface area contributed by atoms with Crippen molar-refractivity contribution in [1.29, 1.82) is 0 Å². The van der Waals surface area contributed by atoms with Crippen LogP contribution >= 0.6 is 0 Å². The minimum absolute atomic E-state index is 0.0310. The summed E-state index contributed by atoms with van der Waals surface area (Å²) in [5.41, 5.74) is 3.39. The summed E-state index contributed by atoms with van der Waals surface area (Å²) in [6.45, 7) is 27.8. The predicted molar refractivity (Wildman–Crippen MR) is 209 cm³/mol. The first-order valence-corrected chi connectivity index (χ1v) is 22.0. The molecule has 5 saturated carbocycles. The third-order valence-corrected chi connectivity index (χ3v) is 17.9. The predicted octanol–water partition coefficient (Wildman–Crippen LogP) is 14.4. The lowest BCUT2D eigenvalue weighted by atomic mass is 9.29. The summed E-state index contributed by atoms with van der Waals surface area (Å²) >= 11 is 0. The van der Waals surface area contributed by atoms with Crippen LogP contribution < -0.4 is 0 Å². The highest BCUT2D eigenvalue weighted by molar-refractivity contribution is 5.69. The number of hydrogen-bond donors (Lipinski definition) is 0. The van der Waals surface area contributed by atoms with Crippen LogP contribution in [0.1, 0.15) is 216 Å². The van der Waals surface area contributed by atoms with Gasteiger partial charge in [-0.1, -0.05) is 145 Å². The Hall–Kier alpha value is -0.790. The van der Waals surface area contributed by atoms with Crippen molar-refractivity contribution in [2.24, 2.45) is 56.2 Å². The zero-order valence-electron chi connectivity index (χ0n) is 34.4. The van der Waals surface area contributed by atoms with Crippen LogP contribution in [0.15, 0.2) is 12.2 Å². The Kier molecular flexibility index (Phi) is 12.3. The lowest BCUT2D eigenvalue weighted by Crippen LogP contribution is -2.69. The number of allylic oxidation sites excluding steroid dienone is 1. The summed E-state index contributed by atoms with van der Waals surface area (Å²) in [6.07, 6.45) is 31.3. The van der Waals surface area contributed by atoms with Gasteiger partial charge < -0.3 is 4.74 Å². The summed E-state index contributed by atoms with van der Waals surface area (Å²) in [5, 5.41) is 0. The van der Waals surface area contributed by atoms with Gasteiger partial charge in [0.05, 0.1) is 0 Å². The summed E-state index contributed by atoms with van der Waals surface area (Å²) in [7, 11) is 0. The fourth-order valence-electron chi connectivity index (χ4n) is 14.8. The second-order valence-electron chi connectivity index (χ2n) is 20.8. The maximum atomic E-state index is 13.2. The molecule has 0 heterocycles. The largest absolute Gasteiger partial charge is 0.462 e. The van der Waals surface area contributed by atoms with Crippen LogP contribution in [0.25, 0.3) is 0 Å². The van der Waals surface area contributed by atoms with E-state index in [1.54, 1.807) is 0 Å². The summed E-state index contributed by atoms with van der Waals surface area (Å²) in [5.74, 6) is 2.93. The molecular formula is C47H82O2. The standard InChI is InChI=1S/C47H82O2/c1-11-12-13-14-15-16-17-18-19-20-21-22-23-24-40(48)49-39-28-30-44(7)37(42(39,4)5)26-31-45(8)38(44)27-32-46(9)41-36(35(2)3)25-29-43(41,6)33-34-47(45,46)10/h36-39,41H,2,11-34H2,1,3-10H3/t36-,37-,38+,39-,41-,43+,44-,45+,46+,47-/m0/s1. The van der Waals surface area contributed by atoms with Crippen molar-refractivity contribution in [1.82, 2.24) is 0 Å². The molecule has 2 nitrogen and oxygen atoms in total. The van der Waals surface area contributed by atoms with Crippen LogP contribution in [-0.2, 0) is 9.53 Å². The molecule has 5 rings (SSSR count). The zero-order valence-corrected chi connectivity index (χ0v) is 34.4. The first-order valence-electron chi connectivity index (χ1n) is 22.0. The molecule has 5 aliphatic carbocycles. The Balaban J connectivity index is 1.13. The van der Waals surface area contributed by atoms with Gasteiger partial charge in [-0.3, -0.25) is 4.79 Å². The van der Waals surface area contributed by atoms with Gasteiger partial charge in [0.1, 0.15) is 6.10 Å². The summed E-state index contributed by atoms with van der Waals surface area (Å²) in [6, 6.07) is 0. The molecule has 0 N–H and O–H groups in total. The molecule has 0 aliphatic heterocycles. The van der Waals surface area contributed by atoms with E-state index >= 15 is 0 Å². The average molecular weight is 679 g/mol. The van der Waals surface area contributed by atoms with Gasteiger partial charge >= 0.3 is 5.97 Å². The molecule has 0 unspecified atom stereocenters. The first-order chi connectivity index (χ1) is 23.1. The fourth-order valence-corrected chi connectivity index (χ4v) is 14.8. The molecule has 10 atom stereocenters. The smallest absolute Gasteiger partial charge is 0.306 e. The van der Waals surface area contributed by atoms with Gasteiger partial charge in [0.25, 0.3) is 0 Å². The van der Waals surface area contributed by atoms with Gasteiger partial charge in [-0.05, 0) is 128 Å². The molecular weight excluding hydrogens is 597 g/mol. The molecule has 0 spiro atoms. The molecule has 0 aromatic heterocycles. The first kappa shape index (κ1) is 39.4. The maximum Gasteiger partial charge on any atom is 0.306 e. The number of ether oxygens (including phenoxy) is 1. The second-order valence-corrected chi connectivity index (χ2v) is 20.8. The topological polar surface area (TPSA) is 26.3 Å². The highest BCUT2D eigenvalue weighted by Gasteiger charge is 2.74. The molecule has 2 heteroatoms. The van der Waals surface area contributed by atoms with Gasteiger partial charge in [0.2, 0.25) is 0 Å². The Labute approximate surface area is 305 Å². The second kappa shape index (κ2) is 15.3. The highest BCUT2D eigenvalue weighted by atomic mass is 16.5. The van der Waals surface area contributed by atoms with Gasteiger partial charge in [-0.25, -0.2) is 0 Å². The molecule has 0 radical (unpaired) electrons. The Morgan fingerprint density at radius 2 is 1.18 bits per heavy atom. The number of unbranched alkanes of at least 4 members (excludes halogenated alkanes) is 12. The normalized spacial score (nSPS) is 42.4. The van der Waals surface area contributed by atoms with E-state index in [-0.39, 0.29) is 17.5 Å². The van der Waals surface area contributed by atoms with Crippen molar-refractivity contribution in [3.8, 4) is 0 Å². The van der Waals surface area contributed by atoms with Crippen molar-refractivity contribution in [2.45, 2.75) is 223 Å². The van der Waals surface area contributed by atoms with E-state index in [1.807, 2.05) is 0 Å². The number of carbonyl (C=O) groups is 1. The Morgan fingerprint density at radius 3 is 1.78 bits per heavy atom. The number of rotatable bonds is 16. The minimum Gasteiger partial charge on any atom is -0.462 e. The summed E-state index contributed by atoms with van der Waals surface area (Å²) in [4.78, 5) is 13.2. The lowest BCUT2D eigenvalue weighted by molar-refractivity contribution is -0.277. The van der Waals surface area contributed by atoms with Crippen molar-refractivity contribution in [3.05, 3.63) is 12.2 Å². The van der Waals surface area contributed by atoms with Crippen molar-refractivity contribution >= 4 is 5.97 Å². The number of fused-ring (bicyclic) bond motifs is 7. The molecule has 0 saturated heterocycles. The fraction of sp³-hybridized carbons (Fsp3) is 0.936. The van der Waals surface area contributed by atoms with Gasteiger partial charge in [-0.2, -0.15) is 0 Å². The molecule has 0 amide bonds. The third kappa shape index (κ3) is 7.02. The van der Waals surface area contributed by atoms with E-state index in [1.165, 1.54) is 140 Å². The van der Waals surface area contributed by atoms with Gasteiger partial charge in [-0.15, -0.1) is 0 Å². The highest BCUT2D eigenvalue weighted by Crippen LogP contribution is 2.81. The molecule has 5 fully saturated rings. The van der Waals surface area contributed by atoms with E-state index in [2.05, 4.69) is 68.9 Å². The molecule has 0 aromatic rings. The Morgan fingerprint density at radius 1 is 0.633 bits per heavy atom. The molecule has 49 heavy (non-hydrogen) atoms. The molecule has 0 bridgehead atoms. The maximum absolute atomic E-state index is 13.2. The molecule has 282 valence electrons. The van der Waals surface area contributed by atoms with E-state index in [0.717, 1.165) is 24.7 Å². The monoisotopic (exact) mass is 679 g/mol. The van der Waals surface area contributed by atoms with Gasteiger partial charge in [0, 0.05) is 11.8 Å². The van der Waals surface area contributed by atoms with Crippen molar-refractivity contribution in [3.63, 3.8) is 0 Å². The van der Waals surface area contributed by atoms with E-state index in [0.29, 0.717) is 45.3 Å². The van der Waals surface area contributed by atoms with Crippen molar-refractivity contribution in [2.75, 3.05) is 0 Å². The third-order valence-electron chi connectivity index (χ3n) is 17.9. The van der Waals surface area contributed by atoms with Gasteiger partial charge in [0.15, 0.2) is 0 Å². The number of esters is 1. The SMILES string of the molecule is C=C(C)[C@@H]1CC[C@]2(C)CC[C@@]3(C)[C@]4(C)CC[C@H]5C(C)(C)[C@@H](OC(=O)CCCCCCCCCCCCCCC)CC[C@]5(C)[C@H]4CC[C@]3(C)[C@@H]12. The summed E-state index contributed by atoms with van der Waals surface area (Å²) < 4.78 is 6.44. The van der Waals surface area contributed by atoms with Crippen LogP contribution in [0, 0.1) is 56.2 Å². The van der Waals surface area contributed by atoms with Crippen LogP contribution in [-0.4, -0.2) is 12.1 Å².